The van der Waals surface area contributed by atoms with E-state index in [4.69, 9.17) is 0 Å². The van der Waals surface area contributed by atoms with Crippen LogP contribution in [0.3, 0.4) is 0 Å². The van der Waals surface area contributed by atoms with Crippen LogP contribution in [0.25, 0.3) is 0 Å². The van der Waals surface area contributed by atoms with Crippen molar-refractivity contribution in [3.05, 3.63) is 48.3 Å². The molecule has 2 amide bonds. The van der Waals surface area contributed by atoms with Crippen molar-refractivity contribution in [2.75, 3.05) is 48.3 Å². The zero-order chi connectivity index (χ0) is 17.6. The van der Waals surface area contributed by atoms with E-state index >= 15 is 0 Å². The number of nitrogens with one attached hydrogen (secondary N) is 2. The summed E-state index contributed by atoms with van der Waals surface area (Å²) in [5.41, 5.74) is 3.75. The van der Waals surface area contributed by atoms with Crippen LogP contribution in [0.1, 0.15) is 12.5 Å². The summed E-state index contributed by atoms with van der Waals surface area (Å²) in [6, 6.07) is 9.52. The summed E-state index contributed by atoms with van der Waals surface area (Å²) >= 11 is 0. The highest BCUT2D eigenvalue weighted by molar-refractivity contribution is 6.00. The first-order valence-corrected chi connectivity index (χ1v) is 8.71. The number of aryl methyl sites for hydroxylation is 1. The van der Waals surface area contributed by atoms with Gasteiger partial charge in [-0.1, -0.05) is 6.92 Å². The second-order valence-corrected chi connectivity index (χ2v) is 6.24. The molecule has 0 unspecified atom stereocenters. The fraction of sp³-hybridized carbons (Fsp3) is 0.368. The first kappa shape index (κ1) is 17.2. The number of amides is 2. The average Bonchev–Trinajstić information content (AvgIpc) is 2.64. The third kappa shape index (κ3) is 4.48. The molecule has 0 bridgehead atoms. The molecule has 1 aliphatic rings. The van der Waals surface area contributed by atoms with E-state index in [1.165, 1.54) is 5.69 Å². The Morgan fingerprint density at radius 3 is 2.60 bits per heavy atom. The van der Waals surface area contributed by atoms with Crippen molar-refractivity contribution in [1.82, 2.24) is 9.88 Å². The van der Waals surface area contributed by atoms with E-state index in [1.807, 2.05) is 13.0 Å². The smallest absolute Gasteiger partial charge is 0.323 e. The van der Waals surface area contributed by atoms with Crippen LogP contribution in [0.5, 0.6) is 0 Å². The van der Waals surface area contributed by atoms with Gasteiger partial charge >= 0.3 is 6.03 Å². The number of urea groups is 1. The fourth-order valence-electron chi connectivity index (χ4n) is 3.03. The van der Waals surface area contributed by atoms with Gasteiger partial charge in [0.05, 0.1) is 11.9 Å². The van der Waals surface area contributed by atoms with E-state index in [0.29, 0.717) is 5.69 Å². The second-order valence-electron chi connectivity index (χ2n) is 6.24. The van der Waals surface area contributed by atoms with Gasteiger partial charge in [0.15, 0.2) is 0 Å². The van der Waals surface area contributed by atoms with Crippen molar-refractivity contribution in [1.29, 1.82) is 0 Å². The molecule has 1 saturated heterocycles. The molecule has 1 aromatic carbocycles. The number of carbonyl (C=O) groups is 1. The van der Waals surface area contributed by atoms with Crippen LogP contribution in [0.4, 0.5) is 21.9 Å². The van der Waals surface area contributed by atoms with E-state index in [2.05, 4.69) is 44.5 Å². The van der Waals surface area contributed by atoms with Crippen molar-refractivity contribution in [3.8, 4) is 0 Å². The number of rotatable bonds is 4. The Morgan fingerprint density at radius 2 is 1.96 bits per heavy atom. The monoisotopic (exact) mass is 339 g/mol. The van der Waals surface area contributed by atoms with E-state index in [-0.39, 0.29) is 6.03 Å². The van der Waals surface area contributed by atoms with E-state index in [9.17, 15) is 4.79 Å². The first-order chi connectivity index (χ1) is 12.2. The summed E-state index contributed by atoms with van der Waals surface area (Å²) in [6.45, 7) is 9.62. The van der Waals surface area contributed by atoms with Crippen molar-refractivity contribution < 1.29 is 4.79 Å². The van der Waals surface area contributed by atoms with Gasteiger partial charge in [-0.15, -0.1) is 0 Å². The normalized spacial score (nSPS) is 15.0. The number of carbonyl (C=O) groups excluding carboxylic acids is 1. The molecule has 1 fully saturated rings. The standard InChI is InChI=1S/C19H25N5O/c1-3-23-9-11-24(12-10-23)17-6-7-18(15(2)13-17)22-19(25)21-16-5-4-8-20-14-16/h4-8,13-14H,3,9-12H2,1-2H3,(H2,21,22,25). The van der Waals surface area contributed by atoms with Gasteiger partial charge in [-0.25, -0.2) is 4.79 Å². The average molecular weight is 339 g/mol. The van der Waals surface area contributed by atoms with Crippen LogP contribution < -0.4 is 15.5 Å². The van der Waals surface area contributed by atoms with Crippen LogP contribution >= 0.6 is 0 Å². The molecule has 25 heavy (non-hydrogen) atoms. The van der Waals surface area contributed by atoms with Crippen LogP contribution in [-0.2, 0) is 0 Å². The summed E-state index contributed by atoms with van der Waals surface area (Å²) in [5, 5.41) is 5.68. The molecule has 2 N–H and O–H groups in total. The maximum atomic E-state index is 12.1. The van der Waals surface area contributed by atoms with Gasteiger partial charge in [0.2, 0.25) is 0 Å². The quantitative estimate of drug-likeness (QED) is 0.898. The van der Waals surface area contributed by atoms with Gasteiger partial charge < -0.3 is 20.4 Å². The van der Waals surface area contributed by atoms with Crippen molar-refractivity contribution in [3.63, 3.8) is 0 Å². The Bertz CT molecular complexity index is 711. The zero-order valence-electron chi connectivity index (χ0n) is 14.8. The number of piperazine rings is 1. The summed E-state index contributed by atoms with van der Waals surface area (Å²) in [4.78, 5) is 21.0. The minimum Gasteiger partial charge on any atom is -0.369 e. The zero-order valence-corrected chi connectivity index (χ0v) is 14.8. The molecule has 2 aromatic rings. The Morgan fingerprint density at radius 1 is 1.16 bits per heavy atom. The molecule has 132 valence electrons. The lowest BCUT2D eigenvalue weighted by molar-refractivity contribution is 0.262. The highest BCUT2D eigenvalue weighted by Gasteiger charge is 2.16. The highest BCUT2D eigenvalue weighted by atomic mass is 16.2. The predicted octanol–water partition coefficient (Wildman–Crippen LogP) is 3.18. The molecule has 6 nitrogen and oxygen atoms in total. The van der Waals surface area contributed by atoms with Crippen molar-refractivity contribution >= 4 is 23.1 Å². The number of likely N-dealkylation sites (N-methyl/N-ethyl adjacent to an activating group) is 1. The van der Waals surface area contributed by atoms with Crippen LogP contribution in [0.2, 0.25) is 0 Å². The minimum atomic E-state index is -0.264. The minimum absolute atomic E-state index is 0.264. The van der Waals surface area contributed by atoms with Gasteiger partial charge in [-0.3, -0.25) is 4.98 Å². The number of pyridine rings is 1. The molecule has 0 aliphatic carbocycles. The Balaban J connectivity index is 1.61. The molecule has 0 atom stereocenters. The molecule has 3 rings (SSSR count). The molecule has 1 aliphatic heterocycles. The lowest BCUT2D eigenvalue weighted by Gasteiger charge is -2.35. The summed E-state index contributed by atoms with van der Waals surface area (Å²) in [5.74, 6) is 0. The van der Waals surface area contributed by atoms with E-state index in [0.717, 1.165) is 44.0 Å². The van der Waals surface area contributed by atoms with Crippen LogP contribution in [-0.4, -0.2) is 48.6 Å². The van der Waals surface area contributed by atoms with E-state index in [1.54, 1.807) is 24.5 Å². The first-order valence-electron chi connectivity index (χ1n) is 8.71. The van der Waals surface area contributed by atoms with Crippen molar-refractivity contribution in [2.24, 2.45) is 0 Å². The fourth-order valence-corrected chi connectivity index (χ4v) is 3.03. The number of hydrogen-bond acceptors (Lipinski definition) is 4. The van der Waals surface area contributed by atoms with Crippen molar-refractivity contribution in [2.45, 2.75) is 13.8 Å². The second kappa shape index (κ2) is 7.98. The lowest BCUT2D eigenvalue weighted by Crippen LogP contribution is -2.46. The van der Waals surface area contributed by atoms with E-state index < -0.39 is 0 Å². The molecular weight excluding hydrogens is 314 g/mol. The van der Waals surface area contributed by atoms with Crippen LogP contribution in [0, 0.1) is 6.92 Å². The number of aromatic nitrogens is 1. The Kier molecular flexibility index (Phi) is 5.50. The number of anilines is 3. The lowest BCUT2D eigenvalue weighted by atomic mass is 10.1. The Labute approximate surface area is 148 Å². The SMILES string of the molecule is CCN1CCN(c2ccc(NC(=O)Nc3cccnc3)c(C)c2)CC1. The summed E-state index contributed by atoms with van der Waals surface area (Å²) in [7, 11) is 0. The molecule has 0 radical (unpaired) electrons. The molecule has 6 heteroatoms. The molecule has 2 heterocycles. The predicted molar refractivity (Wildman–Crippen MR) is 102 cm³/mol. The van der Waals surface area contributed by atoms with Gasteiger partial charge in [-0.2, -0.15) is 0 Å². The largest absolute Gasteiger partial charge is 0.369 e. The van der Waals surface area contributed by atoms with Gasteiger partial charge in [0.1, 0.15) is 0 Å². The van der Waals surface area contributed by atoms with Crippen LogP contribution in [0.15, 0.2) is 42.7 Å². The van der Waals surface area contributed by atoms with Gasteiger partial charge in [-0.05, 0) is 49.4 Å². The third-order valence-corrected chi connectivity index (χ3v) is 4.56. The number of hydrogen-bond donors (Lipinski definition) is 2. The molecule has 0 saturated carbocycles. The summed E-state index contributed by atoms with van der Waals surface area (Å²) in [6.07, 6.45) is 3.29. The molecule has 0 spiro atoms. The topological polar surface area (TPSA) is 60.5 Å². The molecular formula is C19H25N5O. The van der Waals surface area contributed by atoms with Gasteiger partial charge in [0, 0.05) is 43.8 Å². The Hall–Kier alpha value is -2.60. The van der Waals surface area contributed by atoms with Gasteiger partial charge in [0.25, 0.3) is 0 Å². The molecule has 1 aromatic heterocycles. The highest BCUT2D eigenvalue weighted by Crippen LogP contribution is 2.24. The summed E-state index contributed by atoms with van der Waals surface area (Å²) < 4.78 is 0. The third-order valence-electron chi connectivity index (χ3n) is 4.56. The maximum Gasteiger partial charge on any atom is 0.323 e. The maximum absolute atomic E-state index is 12.1. The number of nitrogens with zero attached hydrogens (tertiary/aromatic N) is 3. The number of benzene rings is 1.